The van der Waals surface area contributed by atoms with Crippen LogP contribution in [0.4, 0.5) is 0 Å². The van der Waals surface area contributed by atoms with Gasteiger partial charge in [0.1, 0.15) is 10.6 Å². The van der Waals surface area contributed by atoms with Crippen molar-refractivity contribution >= 4 is 45.5 Å². The lowest BCUT2D eigenvalue weighted by molar-refractivity contribution is 0.563. The highest BCUT2D eigenvalue weighted by molar-refractivity contribution is 7.13. The van der Waals surface area contributed by atoms with Crippen molar-refractivity contribution in [2.24, 2.45) is 0 Å². The van der Waals surface area contributed by atoms with E-state index in [0.29, 0.717) is 26.2 Å². The van der Waals surface area contributed by atoms with Gasteiger partial charge in [0, 0.05) is 26.4 Å². The number of aromatic nitrogens is 1. The maximum Gasteiger partial charge on any atom is 0.346 e. The molecule has 0 aliphatic heterocycles. The number of rotatable bonds is 2. The Hall–Kier alpha value is -2.14. The maximum atomic E-state index is 12.3. The predicted molar refractivity (Wildman–Crippen MR) is 99.0 cm³/mol. The number of hydrogen-bond acceptors (Lipinski definition) is 4. The second-order valence-electron chi connectivity index (χ2n) is 5.18. The fraction of sp³-hybridized carbons (Fsp3) is 0. The van der Waals surface area contributed by atoms with E-state index in [1.54, 1.807) is 30.3 Å². The van der Waals surface area contributed by atoms with Gasteiger partial charge in [-0.3, -0.25) is 0 Å². The zero-order valence-corrected chi connectivity index (χ0v) is 14.5. The summed E-state index contributed by atoms with van der Waals surface area (Å²) in [6.07, 6.45) is 0. The normalized spacial score (nSPS) is 11.1. The molecular weight excluding hydrogens is 365 g/mol. The van der Waals surface area contributed by atoms with Gasteiger partial charge in [0.05, 0.1) is 11.3 Å². The number of halogens is 2. The molecule has 3 nitrogen and oxygen atoms in total. The molecule has 118 valence electrons. The van der Waals surface area contributed by atoms with Crippen LogP contribution in [0.25, 0.3) is 32.8 Å². The van der Waals surface area contributed by atoms with Crippen LogP contribution in [-0.2, 0) is 0 Å². The van der Waals surface area contributed by atoms with E-state index in [-0.39, 0.29) is 0 Å². The SMILES string of the molecule is O=c1oc2ccc(Cl)cc2cc1-c1nc(-c2cccc(Cl)c2)cs1. The first kappa shape index (κ1) is 15.4. The predicted octanol–water partition coefficient (Wildman–Crippen LogP) is 5.89. The zero-order valence-electron chi connectivity index (χ0n) is 12.1. The molecule has 0 atom stereocenters. The molecule has 0 N–H and O–H groups in total. The molecule has 2 heterocycles. The van der Waals surface area contributed by atoms with Crippen LogP contribution < -0.4 is 5.63 Å². The summed E-state index contributed by atoms with van der Waals surface area (Å²) in [5.41, 5.74) is 2.17. The largest absolute Gasteiger partial charge is 0.422 e. The third-order valence-corrected chi connectivity index (χ3v) is 4.89. The quantitative estimate of drug-likeness (QED) is 0.411. The third-order valence-electron chi connectivity index (χ3n) is 3.55. The van der Waals surface area contributed by atoms with Crippen LogP contribution in [0.5, 0.6) is 0 Å². The van der Waals surface area contributed by atoms with Gasteiger partial charge in [0.25, 0.3) is 0 Å². The smallest absolute Gasteiger partial charge is 0.346 e. The molecule has 0 aliphatic rings. The molecule has 0 bridgehead atoms. The van der Waals surface area contributed by atoms with E-state index in [1.165, 1.54) is 11.3 Å². The van der Waals surface area contributed by atoms with Crippen LogP contribution >= 0.6 is 34.5 Å². The summed E-state index contributed by atoms with van der Waals surface area (Å²) in [5, 5.41) is 4.47. The summed E-state index contributed by atoms with van der Waals surface area (Å²) in [5.74, 6) is 0. The summed E-state index contributed by atoms with van der Waals surface area (Å²) in [4.78, 5) is 16.8. The van der Waals surface area contributed by atoms with Gasteiger partial charge in [-0.1, -0.05) is 35.3 Å². The number of benzene rings is 2. The Morgan fingerprint density at radius 1 is 1.00 bits per heavy atom. The van der Waals surface area contributed by atoms with Gasteiger partial charge < -0.3 is 4.42 Å². The van der Waals surface area contributed by atoms with Crippen molar-refractivity contribution in [3.8, 4) is 21.8 Å². The first-order chi connectivity index (χ1) is 11.6. The molecular formula is C18H9Cl2NO2S. The van der Waals surface area contributed by atoms with E-state index >= 15 is 0 Å². The fourth-order valence-corrected chi connectivity index (χ4v) is 3.62. The Labute approximate surface area is 151 Å². The Kier molecular flexibility index (Phi) is 3.88. The number of fused-ring (bicyclic) bond motifs is 1. The summed E-state index contributed by atoms with van der Waals surface area (Å²) in [7, 11) is 0. The Morgan fingerprint density at radius 3 is 2.67 bits per heavy atom. The lowest BCUT2D eigenvalue weighted by Gasteiger charge is -2.00. The van der Waals surface area contributed by atoms with Crippen molar-refractivity contribution in [2.45, 2.75) is 0 Å². The monoisotopic (exact) mass is 373 g/mol. The summed E-state index contributed by atoms with van der Waals surface area (Å²) in [6, 6.07) is 14.3. The van der Waals surface area contributed by atoms with Gasteiger partial charge >= 0.3 is 5.63 Å². The van der Waals surface area contributed by atoms with E-state index < -0.39 is 5.63 Å². The van der Waals surface area contributed by atoms with Crippen LogP contribution in [0, 0.1) is 0 Å². The van der Waals surface area contributed by atoms with Gasteiger partial charge in [-0.2, -0.15) is 0 Å². The van der Waals surface area contributed by atoms with E-state index in [4.69, 9.17) is 27.6 Å². The summed E-state index contributed by atoms with van der Waals surface area (Å²) < 4.78 is 5.37. The first-order valence-corrected chi connectivity index (χ1v) is 8.69. The highest BCUT2D eigenvalue weighted by atomic mass is 35.5. The molecule has 0 spiro atoms. The minimum Gasteiger partial charge on any atom is -0.422 e. The van der Waals surface area contributed by atoms with Crippen molar-refractivity contribution in [3.05, 3.63) is 74.4 Å². The molecule has 4 aromatic rings. The Morgan fingerprint density at radius 2 is 1.83 bits per heavy atom. The van der Waals surface area contributed by atoms with Crippen molar-refractivity contribution < 1.29 is 4.42 Å². The minimum atomic E-state index is -0.420. The molecule has 0 aliphatic carbocycles. The second-order valence-corrected chi connectivity index (χ2v) is 6.91. The van der Waals surface area contributed by atoms with Crippen molar-refractivity contribution in [1.29, 1.82) is 0 Å². The van der Waals surface area contributed by atoms with E-state index in [1.807, 2.05) is 23.6 Å². The minimum absolute atomic E-state index is 0.419. The third kappa shape index (κ3) is 2.84. The molecule has 0 amide bonds. The molecule has 0 saturated carbocycles. The fourth-order valence-electron chi connectivity index (χ4n) is 2.42. The van der Waals surface area contributed by atoms with Crippen LogP contribution in [0.15, 0.2) is 63.1 Å². The Balaban J connectivity index is 1.83. The average molecular weight is 374 g/mol. The molecule has 4 rings (SSSR count). The number of hydrogen-bond donors (Lipinski definition) is 0. The molecule has 2 aromatic heterocycles. The van der Waals surface area contributed by atoms with E-state index in [0.717, 1.165) is 16.6 Å². The van der Waals surface area contributed by atoms with Crippen LogP contribution in [-0.4, -0.2) is 4.98 Å². The van der Waals surface area contributed by atoms with Crippen molar-refractivity contribution in [3.63, 3.8) is 0 Å². The van der Waals surface area contributed by atoms with Crippen LogP contribution in [0.1, 0.15) is 0 Å². The maximum absolute atomic E-state index is 12.3. The first-order valence-electron chi connectivity index (χ1n) is 7.05. The van der Waals surface area contributed by atoms with Gasteiger partial charge in [-0.05, 0) is 36.4 Å². The van der Waals surface area contributed by atoms with Gasteiger partial charge in [-0.15, -0.1) is 11.3 Å². The zero-order chi connectivity index (χ0) is 16.7. The van der Waals surface area contributed by atoms with Gasteiger partial charge in [-0.25, -0.2) is 9.78 Å². The molecule has 2 aromatic carbocycles. The van der Waals surface area contributed by atoms with Crippen molar-refractivity contribution in [1.82, 2.24) is 4.98 Å². The standard InChI is InChI=1S/C18H9Cl2NO2S/c19-12-3-1-2-10(6-12)15-9-24-17(21-15)14-8-11-7-13(20)4-5-16(11)23-18(14)22/h1-9H. The summed E-state index contributed by atoms with van der Waals surface area (Å²) in [6.45, 7) is 0. The second kappa shape index (κ2) is 6.06. The van der Waals surface area contributed by atoms with Gasteiger partial charge in [0.2, 0.25) is 0 Å². The van der Waals surface area contributed by atoms with Gasteiger partial charge in [0.15, 0.2) is 0 Å². The molecule has 6 heteroatoms. The lowest BCUT2D eigenvalue weighted by atomic mass is 10.1. The molecule has 0 unspecified atom stereocenters. The molecule has 0 radical (unpaired) electrons. The molecule has 0 fully saturated rings. The van der Waals surface area contributed by atoms with E-state index in [2.05, 4.69) is 4.98 Å². The van der Waals surface area contributed by atoms with E-state index in [9.17, 15) is 4.79 Å². The lowest BCUT2D eigenvalue weighted by Crippen LogP contribution is -2.02. The average Bonchev–Trinajstić information content (AvgIpc) is 3.04. The molecule has 24 heavy (non-hydrogen) atoms. The number of nitrogens with zero attached hydrogens (tertiary/aromatic N) is 1. The number of thiazole rings is 1. The topological polar surface area (TPSA) is 43.1 Å². The highest BCUT2D eigenvalue weighted by Crippen LogP contribution is 2.30. The molecule has 0 saturated heterocycles. The van der Waals surface area contributed by atoms with Crippen molar-refractivity contribution in [2.75, 3.05) is 0 Å². The summed E-state index contributed by atoms with van der Waals surface area (Å²) >= 11 is 13.4. The highest BCUT2D eigenvalue weighted by Gasteiger charge is 2.13. The van der Waals surface area contributed by atoms with Crippen LogP contribution in [0.3, 0.4) is 0 Å². The van der Waals surface area contributed by atoms with Crippen LogP contribution in [0.2, 0.25) is 10.0 Å². The Bertz CT molecular complexity index is 1120.